The van der Waals surface area contributed by atoms with Crippen molar-refractivity contribution in [2.24, 2.45) is 0 Å². The van der Waals surface area contributed by atoms with Crippen LogP contribution >= 0.6 is 11.6 Å². The molecule has 1 heterocycles. The Hall–Kier alpha value is -1.84. The number of methoxy groups -OCH3 is 1. The number of nitrogens with two attached hydrogens (primary N) is 1. The van der Waals surface area contributed by atoms with E-state index in [0.29, 0.717) is 17.8 Å². The van der Waals surface area contributed by atoms with Gasteiger partial charge in [0.1, 0.15) is 0 Å². The molecule has 10 heteroatoms. The predicted molar refractivity (Wildman–Crippen MR) is 95.1 cm³/mol. The van der Waals surface area contributed by atoms with E-state index in [1.807, 2.05) is 0 Å². The summed E-state index contributed by atoms with van der Waals surface area (Å²) in [6, 6.07) is 3.93. The van der Waals surface area contributed by atoms with Crippen molar-refractivity contribution in [3.8, 4) is 0 Å². The van der Waals surface area contributed by atoms with Crippen molar-refractivity contribution >= 4 is 44.6 Å². The Kier molecular flexibility index (Phi) is 6.26. The summed E-state index contributed by atoms with van der Waals surface area (Å²) in [5, 5.41) is 2.70. The van der Waals surface area contributed by atoms with Gasteiger partial charge in [-0.2, -0.15) is 0 Å². The molecule has 1 fully saturated rings. The number of hydrogen-bond acceptors (Lipinski definition) is 6. The van der Waals surface area contributed by atoms with Gasteiger partial charge in [-0.1, -0.05) is 11.6 Å². The van der Waals surface area contributed by atoms with Gasteiger partial charge < -0.3 is 20.7 Å². The standard InChI is InChI=1S/C15H20ClN3O5S/c1-24-6-5-19(11-4-7-25(22,23)9-11)15(21)14(20)18-10-2-3-13(17)12(16)8-10/h2-3,8,11H,4-7,9,17H2,1H3,(H,18,20). The summed E-state index contributed by atoms with van der Waals surface area (Å²) >= 11 is 5.89. The minimum atomic E-state index is -3.19. The largest absolute Gasteiger partial charge is 0.398 e. The van der Waals surface area contributed by atoms with Gasteiger partial charge in [0.2, 0.25) is 0 Å². The lowest BCUT2D eigenvalue weighted by atomic mass is 10.2. The molecule has 0 saturated carbocycles. The Balaban J connectivity index is 2.11. The summed E-state index contributed by atoms with van der Waals surface area (Å²) in [6.07, 6.45) is 0.304. The zero-order valence-corrected chi connectivity index (χ0v) is 15.3. The third-order valence-corrected chi connectivity index (χ3v) is 5.98. The summed E-state index contributed by atoms with van der Waals surface area (Å²) < 4.78 is 28.3. The average molecular weight is 390 g/mol. The van der Waals surface area contributed by atoms with Crippen LogP contribution in [0.5, 0.6) is 0 Å². The molecule has 138 valence electrons. The van der Waals surface area contributed by atoms with Gasteiger partial charge in [-0.15, -0.1) is 0 Å². The number of amides is 2. The quantitative estimate of drug-likeness (QED) is 0.559. The third kappa shape index (κ3) is 5.07. The number of benzene rings is 1. The first-order chi connectivity index (χ1) is 11.7. The van der Waals surface area contributed by atoms with Crippen LogP contribution in [0, 0.1) is 0 Å². The van der Waals surface area contributed by atoms with Gasteiger partial charge >= 0.3 is 11.8 Å². The molecule has 1 saturated heterocycles. The van der Waals surface area contributed by atoms with E-state index >= 15 is 0 Å². The molecule has 1 aliphatic rings. The summed E-state index contributed by atoms with van der Waals surface area (Å²) in [7, 11) is -1.73. The molecule has 0 aromatic heterocycles. The van der Waals surface area contributed by atoms with Crippen LogP contribution in [0.2, 0.25) is 5.02 Å². The van der Waals surface area contributed by atoms with E-state index < -0.39 is 27.7 Å². The summed E-state index contributed by atoms with van der Waals surface area (Å²) in [4.78, 5) is 26.0. The molecule has 8 nitrogen and oxygen atoms in total. The second kappa shape index (κ2) is 8.03. The third-order valence-electron chi connectivity index (χ3n) is 3.90. The molecular weight excluding hydrogens is 370 g/mol. The molecule has 1 aromatic carbocycles. The molecule has 3 N–H and O–H groups in total. The molecule has 0 aliphatic carbocycles. The molecule has 25 heavy (non-hydrogen) atoms. The van der Waals surface area contributed by atoms with Crippen LogP contribution in [0.1, 0.15) is 6.42 Å². The maximum absolute atomic E-state index is 12.5. The van der Waals surface area contributed by atoms with Crippen molar-refractivity contribution in [1.29, 1.82) is 0 Å². The molecule has 0 radical (unpaired) electrons. The normalized spacial score (nSPS) is 18.7. The number of anilines is 2. The van der Waals surface area contributed by atoms with Crippen LogP contribution in [-0.2, 0) is 24.2 Å². The molecule has 2 amide bonds. The first-order valence-electron chi connectivity index (χ1n) is 7.60. The zero-order valence-electron chi connectivity index (χ0n) is 13.7. The number of nitrogens with one attached hydrogen (secondary N) is 1. The molecule has 0 spiro atoms. The fourth-order valence-electron chi connectivity index (χ4n) is 2.58. The fraction of sp³-hybridized carbons (Fsp3) is 0.467. The minimum Gasteiger partial charge on any atom is -0.398 e. The van der Waals surface area contributed by atoms with Crippen molar-refractivity contribution in [3.05, 3.63) is 23.2 Å². The molecule has 2 rings (SSSR count). The highest BCUT2D eigenvalue weighted by Crippen LogP contribution is 2.23. The van der Waals surface area contributed by atoms with Crippen LogP contribution in [-0.4, -0.2) is 62.9 Å². The second-order valence-corrected chi connectivity index (χ2v) is 8.37. The lowest BCUT2D eigenvalue weighted by Gasteiger charge is -2.27. The molecule has 1 unspecified atom stereocenters. The Labute approximate surface area is 151 Å². The smallest absolute Gasteiger partial charge is 0.313 e. The van der Waals surface area contributed by atoms with Gasteiger partial charge in [0.15, 0.2) is 9.84 Å². The van der Waals surface area contributed by atoms with Crippen molar-refractivity contribution in [1.82, 2.24) is 4.90 Å². The maximum Gasteiger partial charge on any atom is 0.313 e. The number of sulfone groups is 1. The van der Waals surface area contributed by atoms with Crippen molar-refractivity contribution in [3.63, 3.8) is 0 Å². The number of nitrogen functional groups attached to an aromatic ring is 1. The van der Waals surface area contributed by atoms with E-state index in [1.165, 1.54) is 30.2 Å². The van der Waals surface area contributed by atoms with E-state index in [2.05, 4.69) is 5.32 Å². The molecule has 1 atom stereocenters. The van der Waals surface area contributed by atoms with Crippen molar-refractivity contribution in [2.75, 3.05) is 42.8 Å². The van der Waals surface area contributed by atoms with E-state index in [-0.39, 0.29) is 29.7 Å². The minimum absolute atomic E-state index is 0.00359. The first kappa shape index (κ1) is 19.5. The summed E-state index contributed by atoms with van der Waals surface area (Å²) in [5.41, 5.74) is 6.27. The SMILES string of the molecule is COCCN(C(=O)C(=O)Nc1ccc(N)c(Cl)c1)C1CCS(=O)(=O)C1. The van der Waals surface area contributed by atoms with Gasteiger partial charge in [0.05, 0.1) is 28.8 Å². The lowest BCUT2D eigenvalue weighted by Crippen LogP contribution is -2.47. The molecule has 0 bridgehead atoms. The number of ether oxygens (including phenoxy) is 1. The number of rotatable bonds is 5. The average Bonchev–Trinajstić information content (AvgIpc) is 2.91. The van der Waals surface area contributed by atoms with Crippen molar-refractivity contribution in [2.45, 2.75) is 12.5 Å². The Bertz CT molecular complexity index is 768. The van der Waals surface area contributed by atoms with Gasteiger partial charge in [-0.25, -0.2) is 8.42 Å². The molecule has 1 aromatic rings. The van der Waals surface area contributed by atoms with Crippen LogP contribution < -0.4 is 11.1 Å². The van der Waals surface area contributed by atoms with Crippen molar-refractivity contribution < 1.29 is 22.7 Å². The predicted octanol–water partition coefficient (Wildman–Crippen LogP) is 0.523. The number of nitrogens with zero attached hydrogens (tertiary/aromatic N) is 1. The van der Waals surface area contributed by atoms with E-state index in [9.17, 15) is 18.0 Å². The molecule has 1 aliphatic heterocycles. The van der Waals surface area contributed by atoms with Gasteiger partial charge in [0, 0.05) is 25.4 Å². The maximum atomic E-state index is 12.5. The Morgan fingerprint density at radius 3 is 2.72 bits per heavy atom. The highest BCUT2D eigenvalue weighted by molar-refractivity contribution is 7.91. The first-order valence-corrected chi connectivity index (χ1v) is 9.80. The monoisotopic (exact) mass is 389 g/mol. The fourth-order valence-corrected chi connectivity index (χ4v) is 4.49. The van der Waals surface area contributed by atoms with Crippen LogP contribution in [0.3, 0.4) is 0 Å². The highest BCUT2D eigenvalue weighted by Gasteiger charge is 2.36. The van der Waals surface area contributed by atoms with Gasteiger partial charge in [-0.05, 0) is 24.6 Å². The Morgan fingerprint density at radius 1 is 1.44 bits per heavy atom. The highest BCUT2D eigenvalue weighted by atomic mass is 35.5. The lowest BCUT2D eigenvalue weighted by molar-refractivity contribution is -0.144. The van der Waals surface area contributed by atoms with E-state index in [4.69, 9.17) is 22.1 Å². The summed E-state index contributed by atoms with van der Waals surface area (Å²) in [6.45, 7) is 0.328. The van der Waals surface area contributed by atoms with Crippen LogP contribution in [0.4, 0.5) is 11.4 Å². The number of carbonyl (C=O) groups excluding carboxylic acids is 2. The van der Waals surface area contributed by atoms with E-state index in [1.54, 1.807) is 0 Å². The van der Waals surface area contributed by atoms with Gasteiger partial charge in [-0.3, -0.25) is 9.59 Å². The zero-order chi connectivity index (χ0) is 18.6. The number of halogens is 1. The van der Waals surface area contributed by atoms with Crippen LogP contribution in [0.25, 0.3) is 0 Å². The van der Waals surface area contributed by atoms with E-state index in [0.717, 1.165) is 0 Å². The Morgan fingerprint density at radius 2 is 2.16 bits per heavy atom. The topological polar surface area (TPSA) is 119 Å². The number of hydrogen-bond donors (Lipinski definition) is 2. The summed E-state index contributed by atoms with van der Waals surface area (Å²) in [5.74, 6) is -1.83. The second-order valence-electron chi connectivity index (χ2n) is 5.74. The number of carbonyl (C=O) groups is 2. The molecular formula is C15H20ClN3O5S. The van der Waals surface area contributed by atoms with Crippen LogP contribution in [0.15, 0.2) is 18.2 Å². The van der Waals surface area contributed by atoms with Gasteiger partial charge in [0.25, 0.3) is 0 Å².